The van der Waals surface area contributed by atoms with Crippen LogP contribution in [0.1, 0.15) is 62.1 Å². The molecule has 1 aromatic carbocycles. The van der Waals surface area contributed by atoms with Crippen molar-refractivity contribution >= 4 is 23.3 Å². The number of carbonyl (C=O) groups excluding carboxylic acids is 2. The van der Waals surface area contributed by atoms with Crippen molar-refractivity contribution in [1.82, 2.24) is 15.1 Å². The number of carbonyl (C=O) groups is 2. The standard InChI is InChI=1S/C27H35N3O4S/c1-17-13-26(2,3)15-27(14-17)24(31)30(25(32)28-27)16-29-9-8-18-11-20(33-4)21(34-5)12-19(18)23(29)22-7-6-10-35-22/h6-7,10-12,17,23H,8-9,13-16H2,1-5H3,(H,28,32)/t17-,23-,27-/m1/s1. The van der Waals surface area contributed by atoms with Crippen LogP contribution in [0.4, 0.5) is 4.79 Å². The van der Waals surface area contributed by atoms with Crippen molar-refractivity contribution in [3.05, 3.63) is 45.6 Å². The minimum atomic E-state index is -0.791. The second kappa shape index (κ2) is 8.82. The van der Waals surface area contributed by atoms with E-state index in [1.165, 1.54) is 15.3 Å². The fourth-order valence-electron chi connectivity index (χ4n) is 6.75. The molecule has 3 amide bonds. The lowest BCUT2D eigenvalue weighted by Gasteiger charge is -2.44. The predicted octanol–water partition coefficient (Wildman–Crippen LogP) is 4.81. The number of hydrogen-bond acceptors (Lipinski definition) is 6. The lowest BCUT2D eigenvalue weighted by Crippen LogP contribution is -2.54. The minimum absolute atomic E-state index is 0.00972. The van der Waals surface area contributed by atoms with E-state index >= 15 is 0 Å². The van der Waals surface area contributed by atoms with E-state index in [-0.39, 0.29) is 30.1 Å². The van der Waals surface area contributed by atoms with E-state index in [0.29, 0.717) is 24.5 Å². The molecule has 0 radical (unpaired) electrons. The molecule has 0 bridgehead atoms. The highest BCUT2D eigenvalue weighted by molar-refractivity contribution is 7.10. The summed E-state index contributed by atoms with van der Waals surface area (Å²) < 4.78 is 11.1. The third-order valence-corrected chi connectivity index (χ3v) is 8.66. The van der Waals surface area contributed by atoms with Crippen LogP contribution >= 0.6 is 11.3 Å². The molecule has 3 heterocycles. The Kier molecular flexibility index (Phi) is 6.08. The van der Waals surface area contributed by atoms with Crippen molar-refractivity contribution in [3.8, 4) is 11.5 Å². The zero-order chi connectivity index (χ0) is 25.0. The highest BCUT2D eigenvalue weighted by Crippen LogP contribution is 2.47. The lowest BCUT2D eigenvalue weighted by atomic mass is 9.64. The van der Waals surface area contributed by atoms with Gasteiger partial charge in [0.1, 0.15) is 5.54 Å². The zero-order valence-corrected chi connectivity index (χ0v) is 22.0. The fourth-order valence-corrected chi connectivity index (χ4v) is 7.62. The predicted molar refractivity (Wildman–Crippen MR) is 136 cm³/mol. The summed E-state index contributed by atoms with van der Waals surface area (Å²) in [6, 6.07) is 7.92. The maximum atomic E-state index is 13.8. The maximum absolute atomic E-state index is 13.8. The Morgan fingerprint density at radius 2 is 1.89 bits per heavy atom. The highest BCUT2D eigenvalue weighted by Gasteiger charge is 2.56. The van der Waals surface area contributed by atoms with Gasteiger partial charge in [0.25, 0.3) is 5.91 Å². The number of fused-ring (bicyclic) bond motifs is 1. The molecule has 1 N–H and O–H groups in total. The van der Waals surface area contributed by atoms with Crippen LogP contribution in [0.5, 0.6) is 11.5 Å². The summed E-state index contributed by atoms with van der Waals surface area (Å²) in [6.45, 7) is 7.57. The van der Waals surface area contributed by atoms with Gasteiger partial charge in [-0.3, -0.25) is 9.69 Å². The molecule has 188 valence electrons. The number of rotatable bonds is 5. The van der Waals surface area contributed by atoms with Crippen LogP contribution in [-0.2, 0) is 11.2 Å². The van der Waals surface area contributed by atoms with Gasteiger partial charge in [-0.1, -0.05) is 26.8 Å². The third kappa shape index (κ3) is 4.20. The first-order valence-electron chi connectivity index (χ1n) is 12.3. The van der Waals surface area contributed by atoms with Crippen LogP contribution in [0.25, 0.3) is 0 Å². The first kappa shape index (κ1) is 24.1. The lowest BCUT2D eigenvalue weighted by molar-refractivity contribution is -0.136. The Morgan fingerprint density at radius 1 is 1.14 bits per heavy atom. The van der Waals surface area contributed by atoms with Gasteiger partial charge in [0.05, 0.1) is 26.9 Å². The summed E-state index contributed by atoms with van der Waals surface area (Å²) in [5.41, 5.74) is 1.55. The van der Waals surface area contributed by atoms with Crippen LogP contribution in [0.15, 0.2) is 29.6 Å². The molecule has 3 atom stereocenters. The second-order valence-electron chi connectivity index (χ2n) is 11.1. The Labute approximate surface area is 211 Å². The Morgan fingerprint density at radius 3 is 2.54 bits per heavy atom. The van der Waals surface area contributed by atoms with E-state index in [0.717, 1.165) is 30.7 Å². The Hall–Kier alpha value is -2.58. The largest absolute Gasteiger partial charge is 0.493 e. The second-order valence-corrected chi connectivity index (χ2v) is 12.1. The smallest absolute Gasteiger partial charge is 0.326 e. The first-order chi connectivity index (χ1) is 16.7. The molecule has 1 aliphatic carbocycles. The monoisotopic (exact) mass is 497 g/mol. The summed E-state index contributed by atoms with van der Waals surface area (Å²) in [6.07, 6.45) is 3.24. The molecule has 5 rings (SSSR count). The number of thiophene rings is 1. The van der Waals surface area contributed by atoms with E-state index in [1.54, 1.807) is 25.6 Å². The van der Waals surface area contributed by atoms with E-state index in [9.17, 15) is 9.59 Å². The van der Waals surface area contributed by atoms with Crippen LogP contribution in [0.2, 0.25) is 0 Å². The van der Waals surface area contributed by atoms with E-state index < -0.39 is 5.54 Å². The number of imide groups is 1. The number of methoxy groups -OCH3 is 2. The number of nitrogens with one attached hydrogen (secondary N) is 1. The van der Waals surface area contributed by atoms with Crippen molar-refractivity contribution in [2.45, 2.75) is 58.0 Å². The number of ether oxygens (including phenoxy) is 2. The SMILES string of the molecule is COc1cc2c(cc1OC)[C@H](c1cccs1)N(CN1C(=O)N[C@@]3(C[C@H](C)CC(C)(C)C3)C1=O)CC2. The maximum Gasteiger partial charge on any atom is 0.326 e. The molecule has 35 heavy (non-hydrogen) atoms. The van der Waals surface area contributed by atoms with E-state index in [1.807, 2.05) is 12.1 Å². The number of amides is 3. The van der Waals surface area contributed by atoms with E-state index in [2.05, 4.69) is 48.5 Å². The van der Waals surface area contributed by atoms with Gasteiger partial charge < -0.3 is 14.8 Å². The van der Waals surface area contributed by atoms with Crippen LogP contribution in [0.3, 0.4) is 0 Å². The number of urea groups is 1. The average molecular weight is 498 g/mol. The van der Waals surface area contributed by atoms with Crippen molar-refractivity contribution in [1.29, 1.82) is 0 Å². The number of nitrogens with zero attached hydrogens (tertiary/aromatic N) is 2. The van der Waals surface area contributed by atoms with Gasteiger partial charge in [0, 0.05) is 11.4 Å². The summed E-state index contributed by atoms with van der Waals surface area (Å²) in [5.74, 6) is 1.70. The van der Waals surface area contributed by atoms with Crippen molar-refractivity contribution in [2.75, 3.05) is 27.4 Å². The third-order valence-electron chi connectivity index (χ3n) is 7.73. The molecule has 2 fully saturated rings. The molecule has 0 unspecified atom stereocenters. The molecule has 1 saturated heterocycles. The summed E-state index contributed by atoms with van der Waals surface area (Å²) in [4.78, 5) is 31.9. The molecule has 2 aromatic rings. The van der Waals surface area contributed by atoms with Gasteiger partial charge in [0.15, 0.2) is 11.5 Å². The molecule has 2 aliphatic heterocycles. The van der Waals surface area contributed by atoms with Gasteiger partial charge in [0.2, 0.25) is 0 Å². The van der Waals surface area contributed by atoms with Gasteiger partial charge in [-0.25, -0.2) is 9.69 Å². The van der Waals surface area contributed by atoms with E-state index in [4.69, 9.17) is 9.47 Å². The van der Waals surface area contributed by atoms with Crippen molar-refractivity contribution < 1.29 is 19.1 Å². The topological polar surface area (TPSA) is 71.1 Å². The van der Waals surface area contributed by atoms with Gasteiger partial charge in [-0.05, 0) is 71.7 Å². The zero-order valence-electron chi connectivity index (χ0n) is 21.2. The fraction of sp³-hybridized carbons (Fsp3) is 0.556. The molecular formula is C27H35N3O4S. The van der Waals surface area contributed by atoms with Crippen LogP contribution in [-0.4, -0.2) is 54.7 Å². The molecule has 1 aromatic heterocycles. The van der Waals surface area contributed by atoms with Gasteiger partial charge in [-0.2, -0.15) is 0 Å². The quantitative estimate of drug-likeness (QED) is 0.601. The summed E-state index contributed by atoms with van der Waals surface area (Å²) in [7, 11) is 3.29. The molecular weight excluding hydrogens is 462 g/mol. The Balaban J connectivity index is 1.47. The molecule has 1 saturated carbocycles. The minimum Gasteiger partial charge on any atom is -0.493 e. The molecule has 3 aliphatic rings. The Bertz CT molecular complexity index is 1130. The van der Waals surface area contributed by atoms with Crippen molar-refractivity contribution in [3.63, 3.8) is 0 Å². The normalized spacial score (nSPS) is 28.2. The molecule has 7 nitrogen and oxygen atoms in total. The number of hydrogen-bond donors (Lipinski definition) is 1. The first-order valence-corrected chi connectivity index (χ1v) is 13.2. The van der Waals surface area contributed by atoms with Crippen LogP contribution in [0, 0.1) is 11.3 Å². The van der Waals surface area contributed by atoms with Crippen molar-refractivity contribution in [2.24, 2.45) is 11.3 Å². The van der Waals surface area contributed by atoms with Gasteiger partial charge in [-0.15, -0.1) is 11.3 Å². The van der Waals surface area contributed by atoms with Crippen LogP contribution < -0.4 is 14.8 Å². The highest BCUT2D eigenvalue weighted by atomic mass is 32.1. The van der Waals surface area contributed by atoms with Gasteiger partial charge >= 0.3 is 6.03 Å². The molecule has 8 heteroatoms. The number of benzene rings is 1. The molecule has 1 spiro atoms. The summed E-state index contributed by atoms with van der Waals surface area (Å²) >= 11 is 1.68. The summed E-state index contributed by atoms with van der Waals surface area (Å²) in [5, 5.41) is 5.19. The average Bonchev–Trinajstić information content (AvgIpc) is 3.39.